The van der Waals surface area contributed by atoms with Gasteiger partial charge in [-0.05, 0) is 50.8 Å². The molecule has 1 saturated carbocycles. The Hall–Kier alpha value is -2.44. The third-order valence-corrected chi connectivity index (χ3v) is 6.33. The molecular formula is C20H27FN4O2. The van der Waals surface area contributed by atoms with Gasteiger partial charge in [-0.15, -0.1) is 0 Å². The number of amides is 2. The van der Waals surface area contributed by atoms with Gasteiger partial charge in [0.1, 0.15) is 11.4 Å². The van der Waals surface area contributed by atoms with Crippen LogP contribution in [0.15, 0.2) is 23.2 Å². The fourth-order valence-electron chi connectivity index (χ4n) is 3.69. The summed E-state index contributed by atoms with van der Waals surface area (Å²) < 4.78 is 14.8. The predicted octanol–water partition coefficient (Wildman–Crippen LogP) is 2.84. The molecule has 1 aliphatic heterocycles. The van der Waals surface area contributed by atoms with Crippen LogP contribution >= 0.6 is 0 Å². The molecule has 1 fully saturated rings. The Morgan fingerprint density at radius 1 is 1.30 bits per heavy atom. The standard InChI is InChI=1S/C20H27FN4O2/c1-18(2)10-13(18)15(26)23-11-7-8-14(21)12(9-11)20(5)19(3,4)16(27)25(6)17(22)24-20/h7-9,13H,10H2,1-6H3,(H2,22,24)(H,23,26)/t13?,20-/m0/s1. The molecule has 1 aliphatic carbocycles. The molecule has 0 aromatic heterocycles. The van der Waals surface area contributed by atoms with Gasteiger partial charge in [0.05, 0.1) is 5.41 Å². The summed E-state index contributed by atoms with van der Waals surface area (Å²) in [5, 5.41) is 2.86. The van der Waals surface area contributed by atoms with Gasteiger partial charge in [-0.2, -0.15) is 0 Å². The molecule has 3 rings (SSSR count). The van der Waals surface area contributed by atoms with E-state index in [1.807, 2.05) is 13.8 Å². The molecule has 2 atom stereocenters. The summed E-state index contributed by atoms with van der Waals surface area (Å²) in [7, 11) is 1.55. The molecule has 1 aromatic rings. The third kappa shape index (κ3) is 2.89. The van der Waals surface area contributed by atoms with Crippen molar-refractivity contribution in [1.82, 2.24) is 4.90 Å². The summed E-state index contributed by atoms with van der Waals surface area (Å²) in [5.74, 6) is -0.827. The number of nitrogens with two attached hydrogens (primary N) is 1. The summed E-state index contributed by atoms with van der Waals surface area (Å²) in [6, 6.07) is 4.37. The van der Waals surface area contributed by atoms with Gasteiger partial charge in [-0.1, -0.05) is 13.8 Å². The van der Waals surface area contributed by atoms with Gasteiger partial charge in [0.15, 0.2) is 5.96 Å². The fraction of sp³-hybridized carbons (Fsp3) is 0.550. The molecule has 6 nitrogen and oxygen atoms in total. The molecule has 0 spiro atoms. The van der Waals surface area contributed by atoms with E-state index >= 15 is 0 Å². The van der Waals surface area contributed by atoms with E-state index in [9.17, 15) is 14.0 Å². The number of hydrogen-bond acceptors (Lipinski definition) is 4. The van der Waals surface area contributed by atoms with Crippen LogP contribution in [-0.4, -0.2) is 29.7 Å². The van der Waals surface area contributed by atoms with Crippen molar-refractivity contribution in [2.45, 2.75) is 46.6 Å². The minimum absolute atomic E-state index is 0.0000316. The van der Waals surface area contributed by atoms with Gasteiger partial charge in [0.25, 0.3) is 0 Å². The van der Waals surface area contributed by atoms with E-state index in [1.54, 1.807) is 33.9 Å². The molecular weight excluding hydrogens is 347 g/mol. The molecule has 146 valence electrons. The number of halogens is 1. The van der Waals surface area contributed by atoms with Gasteiger partial charge < -0.3 is 11.1 Å². The number of carbonyl (C=O) groups excluding carboxylic acids is 2. The average molecular weight is 374 g/mol. The van der Waals surface area contributed by atoms with Crippen molar-refractivity contribution < 1.29 is 14.0 Å². The quantitative estimate of drug-likeness (QED) is 0.853. The number of nitrogens with zero attached hydrogens (tertiary/aromatic N) is 2. The lowest BCUT2D eigenvalue weighted by Gasteiger charge is -2.46. The minimum atomic E-state index is -1.20. The molecule has 1 heterocycles. The van der Waals surface area contributed by atoms with Crippen LogP contribution < -0.4 is 11.1 Å². The summed E-state index contributed by atoms with van der Waals surface area (Å²) in [4.78, 5) is 30.9. The zero-order valence-electron chi connectivity index (χ0n) is 16.7. The van der Waals surface area contributed by atoms with Crippen molar-refractivity contribution in [3.63, 3.8) is 0 Å². The molecule has 0 radical (unpaired) electrons. The highest BCUT2D eigenvalue weighted by atomic mass is 19.1. The molecule has 0 saturated heterocycles. The summed E-state index contributed by atoms with van der Waals surface area (Å²) in [6.45, 7) is 9.22. The molecule has 3 N–H and O–H groups in total. The minimum Gasteiger partial charge on any atom is -0.369 e. The van der Waals surface area contributed by atoms with Crippen molar-refractivity contribution >= 4 is 23.5 Å². The van der Waals surface area contributed by atoms with Gasteiger partial charge in [0, 0.05) is 24.2 Å². The first kappa shape index (κ1) is 19.3. The SMILES string of the molecule is CN1C(=O)C(C)(C)[C@](C)(c2cc(NC(=O)C3CC3(C)C)ccc2F)N=C1N. The van der Waals surface area contributed by atoms with E-state index < -0.39 is 16.8 Å². The van der Waals surface area contributed by atoms with E-state index in [0.29, 0.717) is 5.69 Å². The maximum Gasteiger partial charge on any atom is 0.237 e. The van der Waals surface area contributed by atoms with E-state index in [0.717, 1.165) is 6.42 Å². The van der Waals surface area contributed by atoms with Gasteiger partial charge in [0.2, 0.25) is 11.8 Å². The van der Waals surface area contributed by atoms with Crippen LogP contribution in [-0.2, 0) is 15.1 Å². The molecule has 27 heavy (non-hydrogen) atoms. The van der Waals surface area contributed by atoms with Crippen LogP contribution in [0.1, 0.15) is 46.6 Å². The number of anilines is 1. The second kappa shape index (κ2) is 5.78. The smallest absolute Gasteiger partial charge is 0.237 e. The lowest BCUT2D eigenvalue weighted by molar-refractivity contribution is -0.140. The number of nitrogens with one attached hydrogen (secondary N) is 1. The number of guanidine groups is 1. The van der Waals surface area contributed by atoms with E-state index in [-0.39, 0.29) is 34.7 Å². The molecule has 1 aromatic carbocycles. The lowest BCUT2D eigenvalue weighted by atomic mass is 9.67. The predicted molar refractivity (Wildman–Crippen MR) is 102 cm³/mol. The zero-order valence-corrected chi connectivity index (χ0v) is 16.7. The highest BCUT2D eigenvalue weighted by Crippen LogP contribution is 2.52. The Bertz CT molecular complexity index is 862. The first-order chi connectivity index (χ1) is 12.3. The van der Waals surface area contributed by atoms with Crippen molar-refractivity contribution in [3.05, 3.63) is 29.6 Å². The summed E-state index contributed by atoms with van der Waals surface area (Å²) >= 11 is 0. The Balaban J connectivity index is 2.01. The highest BCUT2D eigenvalue weighted by molar-refractivity contribution is 6.02. The molecule has 7 heteroatoms. The van der Waals surface area contributed by atoms with Crippen LogP contribution in [0.25, 0.3) is 0 Å². The Morgan fingerprint density at radius 3 is 2.44 bits per heavy atom. The monoisotopic (exact) mass is 374 g/mol. The van der Waals surface area contributed by atoms with Crippen LogP contribution in [0, 0.1) is 22.6 Å². The Kier molecular flexibility index (Phi) is 4.13. The first-order valence-electron chi connectivity index (χ1n) is 9.05. The van der Waals surface area contributed by atoms with Crippen LogP contribution in [0.5, 0.6) is 0 Å². The Morgan fingerprint density at radius 2 is 1.89 bits per heavy atom. The first-order valence-corrected chi connectivity index (χ1v) is 9.05. The third-order valence-electron chi connectivity index (χ3n) is 6.33. The topological polar surface area (TPSA) is 87.8 Å². The highest BCUT2D eigenvalue weighted by Gasteiger charge is 2.54. The summed E-state index contributed by atoms with van der Waals surface area (Å²) in [5.41, 5.74) is 4.40. The normalized spacial score (nSPS) is 28.6. The van der Waals surface area contributed by atoms with E-state index in [1.165, 1.54) is 17.0 Å². The lowest BCUT2D eigenvalue weighted by Crippen LogP contribution is -2.58. The van der Waals surface area contributed by atoms with Crippen LogP contribution in [0.4, 0.5) is 10.1 Å². The van der Waals surface area contributed by atoms with Gasteiger partial charge in [-0.25, -0.2) is 9.38 Å². The average Bonchev–Trinajstić information content (AvgIpc) is 3.22. The van der Waals surface area contributed by atoms with Crippen molar-refractivity contribution in [1.29, 1.82) is 0 Å². The zero-order chi connectivity index (χ0) is 20.4. The largest absolute Gasteiger partial charge is 0.369 e. The number of benzene rings is 1. The molecule has 1 unspecified atom stereocenters. The van der Waals surface area contributed by atoms with Crippen molar-refractivity contribution in [2.75, 3.05) is 12.4 Å². The fourth-order valence-corrected chi connectivity index (χ4v) is 3.69. The maximum atomic E-state index is 14.8. The number of rotatable bonds is 3. The summed E-state index contributed by atoms with van der Waals surface area (Å²) in [6.07, 6.45) is 0.833. The van der Waals surface area contributed by atoms with Crippen LogP contribution in [0.2, 0.25) is 0 Å². The van der Waals surface area contributed by atoms with E-state index in [4.69, 9.17) is 5.73 Å². The number of carbonyl (C=O) groups is 2. The molecule has 2 aliphatic rings. The van der Waals surface area contributed by atoms with Crippen molar-refractivity contribution in [3.8, 4) is 0 Å². The van der Waals surface area contributed by atoms with Gasteiger partial charge in [-0.3, -0.25) is 14.5 Å². The second-order valence-electron chi connectivity index (χ2n) is 8.96. The van der Waals surface area contributed by atoms with Gasteiger partial charge >= 0.3 is 0 Å². The Labute approximate surface area is 159 Å². The molecule has 2 amide bonds. The number of hydrogen-bond donors (Lipinski definition) is 2. The van der Waals surface area contributed by atoms with Crippen molar-refractivity contribution in [2.24, 2.45) is 27.5 Å². The molecule has 0 bridgehead atoms. The second-order valence-corrected chi connectivity index (χ2v) is 8.96. The maximum absolute atomic E-state index is 14.8. The van der Waals surface area contributed by atoms with Crippen LogP contribution in [0.3, 0.4) is 0 Å². The van der Waals surface area contributed by atoms with E-state index in [2.05, 4.69) is 10.3 Å². The number of aliphatic imine (C=N–C) groups is 1.